The van der Waals surface area contributed by atoms with Crippen LogP contribution in [0.15, 0.2) is 103 Å². The molecule has 1 aliphatic heterocycles. The first-order chi connectivity index (χ1) is 20.3. The van der Waals surface area contributed by atoms with Gasteiger partial charge in [-0.15, -0.1) is 0 Å². The van der Waals surface area contributed by atoms with Gasteiger partial charge in [-0.2, -0.15) is 0 Å². The van der Waals surface area contributed by atoms with E-state index in [-0.39, 0.29) is 0 Å². The largest absolute Gasteiger partial charge is 0.0622 e. The van der Waals surface area contributed by atoms with Crippen molar-refractivity contribution in [1.29, 1.82) is 0 Å². The van der Waals surface area contributed by atoms with Crippen LogP contribution >= 0.6 is 7.92 Å². The lowest BCUT2D eigenvalue weighted by atomic mass is 9.89. The van der Waals surface area contributed by atoms with Crippen molar-refractivity contribution in [3.63, 3.8) is 0 Å². The van der Waals surface area contributed by atoms with Crippen LogP contribution in [0.3, 0.4) is 0 Å². The molecule has 0 bridgehead atoms. The molecule has 2 atom stereocenters. The molecule has 5 aromatic carbocycles. The Morgan fingerprint density at radius 2 is 0.857 bits per heavy atom. The van der Waals surface area contributed by atoms with Crippen LogP contribution in [0.5, 0.6) is 0 Å². The van der Waals surface area contributed by atoms with E-state index >= 15 is 0 Å². The molecule has 1 saturated heterocycles. The lowest BCUT2D eigenvalue weighted by Crippen LogP contribution is -2.22. The van der Waals surface area contributed by atoms with E-state index in [9.17, 15) is 0 Å². The van der Waals surface area contributed by atoms with E-state index in [4.69, 9.17) is 0 Å². The Hall–Kier alpha value is -3.47. The highest BCUT2D eigenvalue weighted by Gasteiger charge is 2.39. The molecular weight excluding hydrogens is 523 g/mol. The van der Waals surface area contributed by atoms with Crippen LogP contribution in [-0.4, -0.2) is 0 Å². The second-order valence-electron chi connectivity index (χ2n) is 12.4. The summed E-state index contributed by atoms with van der Waals surface area (Å²) in [6.45, 7) is 13.7. The van der Waals surface area contributed by atoms with Crippen molar-refractivity contribution in [3.8, 4) is 22.3 Å². The van der Waals surface area contributed by atoms with E-state index in [2.05, 4.69) is 145 Å². The molecule has 6 rings (SSSR count). The topological polar surface area (TPSA) is 0 Å². The van der Waals surface area contributed by atoms with Crippen molar-refractivity contribution in [3.05, 3.63) is 148 Å². The Labute approximate surface area is 254 Å². The average Bonchev–Trinajstić information content (AvgIpc) is 2.97. The monoisotopic (exact) mass is 566 g/mol. The minimum atomic E-state index is -0.600. The van der Waals surface area contributed by atoms with Gasteiger partial charge in [0, 0.05) is 11.3 Å². The normalized spacial score (nSPS) is 18.7. The molecule has 0 radical (unpaired) electrons. The Kier molecular flexibility index (Phi) is 8.20. The van der Waals surface area contributed by atoms with Crippen molar-refractivity contribution in [2.75, 3.05) is 0 Å². The first-order valence-electron chi connectivity index (χ1n) is 15.5. The fraction of sp³-hybridized carbons (Fsp3) is 0.268. The highest BCUT2D eigenvalue weighted by molar-refractivity contribution is 7.67. The smallest absolute Gasteiger partial charge is 0.00878 e. The van der Waals surface area contributed by atoms with E-state index in [1.807, 2.05) is 0 Å². The summed E-state index contributed by atoms with van der Waals surface area (Å²) >= 11 is 0. The fourth-order valence-corrected chi connectivity index (χ4v) is 11.6. The zero-order valence-electron chi connectivity index (χ0n) is 26.0. The van der Waals surface area contributed by atoms with E-state index < -0.39 is 7.92 Å². The maximum absolute atomic E-state index is 2.43. The minimum absolute atomic E-state index is 0.511. The molecule has 1 heterocycles. The molecule has 0 saturated carbocycles. The Morgan fingerprint density at radius 1 is 0.476 bits per heavy atom. The van der Waals surface area contributed by atoms with Crippen LogP contribution in [0.1, 0.15) is 75.1 Å². The van der Waals surface area contributed by atoms with E-state index in [0.29, 0.717) is 11.3 Å². The Balaban J connectivity index is 1.72. The number of hydrogen-bond donors (Lipinski definition) is 0. The third-order valence-electron chi connectivity index (χ3n) is 9.18. The van der Waals surface area contributed by atoms with Gasteiger partial charge < -0.3 is 0 Å². The molecule has 0 spiro atoms. The second-order valence-corrected chi connectivity index (χ2v) is 14.9. The van der Waals surface area contributed by atoms with Crippen LogP contribution in [0.25, 0.3) is 22.3 Å². The summed E-state index contributed by atoms with van der Waals surface area (Å²) in [6.07, 6.45) is 3.75. The van der Waals surface area contributed by atoms with Gasteiger partial charge in [0.15, 0.2) is 0 Å². The maximum atomic E-state index is 2.43. The SMILES string of the molecule is Cc1cc(C)c(-c2cccc(-c3c(C)cc(C)cc3C)c2P2C(c3ccccc3)CCCC2c2ccccc2)c(C)c1. The predicted molar refractivity (Wildman–Crippen MR) is 185 cm³/mol. The molecule has 1 fully saturated rings. The molecule has 5 aromatic rings. The van der Waals surface area contributed by atoms with Gasteiger partial charge in [-0.05, 0) is 115 Å². The van der Waals surface area contributed by atoms with Gasteiger partial charge in [-0.3, -0.25) is 0 Å². The predicted octanol–water partition coefficient (Wildman–Crippen LogP) is 11.6. The van der Waals surface area contributed by atoms with Gasteiger partial charge >= 0.3 is 0 Å². The molecule has 0 N–H and O–H groups in total. The molecule has 1 heteroatoms. The van der Waals surface area contributed by atoms with Crippen LogP contribution in [0.4, 0.5) is 0 Å². The van der Waals surface area contributed by atoms with Gasteiger partial charge in [-0.1, -0.05) is 129 Å². The van der Waals surface area contributed by atoms with Crippen LogP contribution < -0.4 is 5.30 Å². The summed E-state index contributed by atoms with van der Waals surface area (Å²) in [5.41, 5.74) is 17.9. The molecular formula is C41H43P. The number of hydrogen-bond acceptors (Lipinski definition) is 0. The van der Waals surface area contributed by atoms with Crippen molar-refractivity contribution in [1.82, 2.24) is 0 Å². The maximum Gasteiger partial charge on any atom is 0.00878 e. The van der Waals surface area contributed by atoms with Crippen molar-refractivity contribution in [2.24, 2.45) is 0 Å². The van der Waals surface area contributed by atoms with Gasteiger partial charge in [0.05, 0.1) is 0 Å². The first kappa shape index (κ1) is 28.6. The first-order valence-corrected chi connectivity index (χ1v) is 17.0. The van der Waals surface area contributed by atoms with E-state index in [1.54, 1.807) is 5.30 Å². The summed E-state index contributed by atoms with van der Waals surface area (Å²) in [5, 5.41) is 1.60. The number of aryl methyl sites for hydroxylation is 6. The highest BCUT2D eigenvalue weighted by Crippen LogP contribution is 2.68. The van der Waals surface area contributed by atoms with Gasteiger partial charge in [0.2, 0.25) is 0 Å². The summed E-state index contributed by atoms with van der Waals surface area (Å²) in [4.78, 5) is 0. The van der Waals surface area contributed by atoms with Crippen LogP contribution in [0.2, 0.25) is 0 Å². The van der Waals surface area contributed by atoms with Crippen molar-refractivity contribution in [2.45, 2.75) is 72.1 Å². The molecule has 1 aliphatic rings. The van der Waals surface area contributed by atoms with E-state index in [0.717, 1.165) is 0 Å². The van der Waals surface area contributed by atoms with Crippen LogP contribution in [0, 0.1) is 41.5 Å². The fourth-order valence-electron chi connectivity index (χ4n) is 7.75. The van der Waals surface area contributed by atoms with Gasteiger partial charge in [0.25, 0.3) is 0 Å². The lowest BCUT2D eigenvalue weighted by molar-refractivity contribution is 0.616. The number of benzene rings is 5. The summed E-state index contributed by atoms with van der Waals surface area (Å²) in [5.74, 6) is 0. The highest BCUT2D eigenvalue weighted by atomic mass is 31.1. The average molecular weight is 567 g/mol. The third-order valence-corrected chi connectivity index (χ3v) is 12.6. The molecule has 0 nitrogen and oxygen atoms in total. The molecule has 0 aromatic heterocycles. The van der Waals surface area contributed by atoms with Crippen molar-refractivity contribution < 1.29 is 0 Å². The third kappa shape index (κ3) is 5.39. The molecule has 2 unspecified atom stereocenters. The molecule has 0 amide bonds. The Morgan fingerprint density at radius 3 is 1.24 bits per heavy atom. The quantitative estimate of drug-likeness (QED) is 0.186. The Bertz CT molecular complexity index is 1540. The summed E-state index contributed by atoms with van der Waals surface area (Å²) in [7, 11) is -0.600. The zero-order chi connectivity index (χ0) is 29.4. The summed E-state index contributed by atoms with van der Waals surface area (Å²) in [6, 6.07) is 39.5. The van der Waals surface area contributed by atoms with Gasteiger partial charge in [-0.25, -0.2) is 0 Å². The minimum Gasteiger partial charge on any atom is -0.0622 e. The molecule has 212 valence electrons. The number of rotatable bonds is 5. The molecule has 0 aliphatic carbocycles. The van der Waals surface area contributed by atoms with Gasteiger partial charge in [0.1, 0.15) is 0 Å². The zero-order valence-corrected chi connectivity index (χ0v) is 26.9. The lowest BCUT2D eigenvalue weighted by Gasteiger charge is -2.42. The van der Waals surface area contributed by atoms with Crippen molar-refractivity contribution >= 4 is 13.2 Å². The summed E-state index contributed by atoms with van der Waals surface area (Å²) < 4.78 is 0. The molecule has 42 heavy (non-hydrogen) atoms. The second kappa shape index (κ2) is 12.0. The van der Waals surface area contributed by atoms with E-state index in [1.165, 1.54) is 86.0 Å². The standard InChI is InChI=1S/C41H43P/c1-27-23-29(3)39(30(4)24-27)35-19-13-20-36(40-31(5)25-28(2)26-32(40)6)41(35)42-37(33-15-9-7-10-16-33)21-14-22-38(42)34-17-11-8-12-18-34/h7-13,15-20,23-26,37-38H,14,21-22H2,1-6H3. The van der Waals surface area contributed by atoms with Crippen LogP contribution in [-0.2, 0) is 0 Å².